The van der Waals surface area contributed by atoms with Gasteiger partial charge in [0.1, 0.15) is 5.82 Å². The van der Waals surface area contributed by atoms with E-state index in [0.717, 1.165) is 45.2 Å². The van der Waals surface area contributed by atoms with E-state index < -0.39 is 0 Å². The van der Waals surface area contributed by atoms with Gasteiger partial charge in [-0.3, -0.25) is 4.79 Å². The smallest absolute Gasteiger partial charge is 0.234 e. The fraction of sp³-hybridized carbons (Fsp3) is 0.348. The van der Waals surface area contributed by atoms with Gasteiger partial charge in [-0.05, 0) is 48.6 Å². The quantitative estimate of drug-likeness (QED) is 0.418. The third-order valence-electron chi connectivity index (χ3n) is 4.64. The van der Waals surface area contributed by atoms with E-state index in [1.54, 1.807) is 0 Å². The molecule has 1 N–H and O–H groups in total. The van der Waals surface area contributed by atoms with Crippen molar-refractivity contribution in [2.24, 2.45) is 5.92 Å². The van der Waals surface area contributed by atoms with E-state index in [1.807, 2.05) is 44.2 Å². The third-order valence-corrected chi connectivity index (χ3v) is 6.07. The Morgan fingerprint density at radius 3 is 2.43 bits per heavy atom. The topological polar surface area (TPSA) is 59.8 Å². The molecule has 0 saturated heterocycles. The van der Waals surface area contributed by atoms with Crippen molar-refractivity contribution in [2.45, 2.75) is 45.8 Å². The highest BCUT2D eigenvalue weighted by Crippen LogP contribution is 2.26. The molecule has 158 valence electrons. The number of aromatic nitrogens is 3. The number of benzene rings is 2. The van der Waals surface area contributed by atoms with Gasteiger partial charge in [0.2, 0.25) is 5.91 Å². The molecule has 0 fully saturated rings. The summed E-state index contributed by atoms with van der Waals surface area (Å²) in [5, 5.41) is 12.6. The molecule has 1 heterocycles. The molecule has 30 heavy (non-hydrogen) atoms. The van der Waals surface area contributed by atoms with E-state index >= 15 is 0 Å². The summed E-state index contributed by atoms with van der Waals surface area (Å²) in [5.74, 6) is 1.63. The number of hydrogen-bond donors (Lipinski definition) is 1. The lowest BCUT2D eigenvalue weighted by Crippen LogP contribution is -2.17. The molecule has 3 aromatic rings. The van der Waals surface area contributed by atoms with Crippen LogP contribution in [0.3, 0.4) is 0 Å². The van der Waals surface area contributed by atoms with Crippen molar-refractivity contribution in [3.63, 3.8) is 0 Å². The summed E-state index contributed by atoms with van der Waals surface area (Å²) >= 11 is 4.92. The van der Waals surface area contributed by atoms with Crippen LogP contribution in [0.5, 0.6) is 0 Å². The minimum absolute atomic E-state index is 0.0442. The van der Waals surface area contributed by atoms with Crippen LogP contribution >= 0.6 is 27.7 Å². The zero-order valence-corrected chi connectivity index (χ0v) is 20.2. The SMILES string of the molecule is Cc1cc(Br)cc(C)c1NC(=O)CSc1nnc(Cc2ccccc2)n1CC(C)C. The molecule has 0 spiro atoms. The second-order valence-electron chi connectivity index (χ2n) is 7.82. The highest BCUT2D eigenvalue weighted by molar-refractivity contribution is 9.10. The van der Waals surface area contributed by atoms with Crippen LogP contribution in [0, 0.1) is 19.8 Å². The van der Waals surface area contributed by atoms with Crippen LogP contribution < -0.4 is 5.32 Å². The van der Waals surface area contributed by atoms with Crippen LogP contribution in [-0.2, 0) is 17.8 Å². The summed E-state index contributed by atoms with van der Waals surface area (Å²) in [6.45, 7) is 9.16. The van der Waals surface area contributed by atoms with Gasteiger partial charge >= 0.3 is 0 Å². The van der Waals surface area contributed by atoms with Crippen molar-refractivity contribution in [1.29, 1.82) is 0 Å². The lowest BCUT2D eigenvalue weighted by atomic mass is 10.1. The average molecular weight is 487 g/mol. The second-order valence-corrected chi connectivity index (χ2v) is 9.68. The minimum atomic E-state index is -0.0442. The first kappa shape index (κ1) is 22.6. The van der Waals surface area contributed by atoms with Crippen molar-refractivity contribution in [3.8, 4) is 0 Å². The number of amides is 1. The summed E-state index contributed by atoms with van der Waals surface area (Å²) in [5.41, 5.74) is 4.14. The predicted molar refractivity (Wildman–Crippen MR) is 127 cm³/mol. The van der Waals surface area contributed by atoms with E-state index in [1.165, 1.54) is 17.3 Å². The maximum Gasteiger partial charge on any atom is 0.234 e. The number of carbonyl (C=O) groups is 1. The predicted octanol–water partition coefficient (Wildman–Crippen LogP) is 5.64. The summed E-state index contributed by atoms with van der Waals surface area (Å²) in [6.07, 6.45) is 0.727. The van der Waals surface area contributed by atoms with E-state index in [9.17, 15) is 4.79 Å². The van der Waals surface area contributed by atoms with Crippen LogP contribution in [0.2, 0.25) is 0 Å². The molecular formula is C23H27BrN4OS. The molecular weight excluding hydrogens is 460 g/mol. The zero-order valence-electron chi connectivity index (χ0n) is 17.8. The Bertz CT molecular complexity index is 994. The van der Waals surface area contributed by atoms with Gasteiger partial charge in [0.15, 0.2) is 5.16 Å². The molecule has 5 nitrogen and oxygen atoms in total. The Morgan fingerprint density at radius 1 is 1.13 bits per heavy atom. The van der Waals surface area contributed by atoms with E-state index in [-0.39, 0.29) is 11.7 Å². The average Bonchev–Trinajstić information content (AvgIpc) is 3.04. The molecule has 0 aliphatic carbocycles. The molecule has 0 aliphatic heterocycles. The highest BCUT2D eigenvalue weighted by atomic mass is 79.9. The number of nitrogens with zero attached hydrogens (tertiary/aromatic N) is 3. The Hall–Kier alpha value is -2.12. The van der Waals surface area contributed by atoms with Gasteiger partial charge in [0, 0.05) is 23.1 Å². The van der Waals surface area contributed by atoms with Crippen molar-refractivity contribution in [1.82, 2.24) is 14.8 Å². The van der Waals surface area contributed by atoms with Gasteiger partial charge in [0.25, 0.3) is 0 Å². The van der Waals surface area contributed by atoms with Crippen LogP contribution in [0.15, 0.2) is 52.1 Å². The normalized spacial score (nSPS) is 11.1. The van der Waals surface area contributed by atoms with Gasteiger partial charge in [-0.2, -0.15) is 0 Å². The van der Waals surface area contributed by atoms with Crippen LogP contribution in [0.4, 0.5) is 5.69 Å². The number of hydrogen-bond acceptors (Lipinski definition) is 4. The van der Waals surface area contributed by atoms with Gasteiger partial charge in [-0.1, -0.05) is 71.9 Å². The Labute approximate surface area is 190 Å². The molecule has 2 aromatic carbocycles. The van der Waals surface area contributed by atoms with E-state index in [4.69, 9.17) is 0 Å². The van der Waals surface area contributed by atoms with Crippen molar-refractivity contribution < 1.29 is 4.79 Å². The molecule has 0 unspecified atom stereocenters. The Kier molecular flexibility index (Phi) is 7.72. The summed E-state index contributed by atoms with van der Waals surface area (Å²) in [4.78, 5) is 12.6. The van der Waals surface area contributed by atoms with E-state index in [0.29, 0.717) is 5.92 Å². The molecule has 0 atom stereocenters. The number of nitrogens with one attached hydrogen (secondary N) is 1. The van der Waals surface area contributed by atoms with Crippen LogP contribution in [0.25, 0.3) is 0 Å². The minimum Gasteiger partial charge on any atom is -0.325 e. The molecule has 0 aliphatic rings. The second kappa shape index (κ2) is 10.3. The summed E-state index contributed by atoms with van der Waals surface area (Å²) in [6, 6.07) is 14.3. The van der Waals surface area contributed by atoms with Crippen LogP contribution in [-0.4, -0.2) is 26.4 Å². The number of aryl methyl sites for hydroxylation is 2. The number of thioether (sulfide) groups is 1. The maximum absolute atomic E-state index is 12.6. The lowest BCUT2D eigenvalue weighted by molar-refractivity contribution is -0.113. The first-order valence-corrected chi connectivity index (χ1v) is 11.8. The van der Waals surface area contributed by atoms with E-state index in [2.05, 4.69) is 62.0 Å². The Balaban J connectivity index is 1.71. The molecule has 0 saturated carbocycles. The number of anilines is 1. The third kappa shape index (κ3) is 5.95. The lowest BCUT2D eigenvalue weighted by Gasteiger charge is -2.14. The molecule has 1 aromatic heterocycles. The van der Waals surface area contributed by atoms with Crippen molar-refractivity contribution in [3.05, 3.63) is 69.5 Å². The summed E-state index contributed by atoms with van der Waals surface area (Å²) in [7, 11) is 0. The Morgan fingerprint density at radius 2 is 1.80 bits per heavy atom. The van der Waals surface area contributed by atoms with Crippen molar-refractivity contribution in [2.75, 3.05) is 11.1 Å². The molecule has 3 rings (SSSR count). The molecule has 0 bridgehead atoms. The standard InChI is InChI=1S/C23H27BrN4OS/c1-15(2)13-28-20(12-18-8-6-5-7-9-18)26-27-23(28)30-14-21(29)25-22-16(3)10-19(24)11-17(22)4/h5-11,15H,12-14H2,1-4H3,(H,25,29). The number of carbonyl (C=O) groups excluding carboxylic acids is 1. The largest absolute Gasteiger partial charge is 0.325 e. The molecule has 0 radical (unpaired) electrons. The first-order chi connectivity index (χ1) is 14.3. The zero-order chi connectivity index (χ0) is 21.7. The number of halogens is 1. The summed E-state index contributed by atoms with van der Waals surface area (Å²) < 4.78 is 3.16. The molecule has 1 amide bonds. The fourth-order valence-electron chi connectivity index (χ4n) is 3.30. The van der Waals surface area contributed by atoms with Crippen molar-refractivity contribution >= 4 is 39.3 Å². The fourth-order valence-corrected chi connectivity index (χ4v) is 4.75. The van der Waals surface area contributed by atoms with Gasteiger partial charge < -0.3 is 9.88 Å². The van der Waals surface area contributed by atoms with Gasteiger partial charge in [-0.15, -0.1) is 10.2 Å². The first-order valence-electron chi connectivity index (χ1n) is 9.99. The molecule has 7 heteroatoms. The monoisotopic (exact) mass is 486 g/mol. The maximum atomic E-state index is 12.6. The van der Waals surface area contributed by atoms with Crippen LogP contribution in [0.1, 0.15) is 36.4 Å². The van der Waals surface area contributed by atoms with Gasteiger partial charge in [-0.25, -0.2) is 0 Å². The highest BCUT2D eigenvalue weighted by Gasteiger charge is 2.16. The van der Waals surface area contributed by atoms with Gasteiger partial charge in [0.05, 0.1) is 5.75 Å². The number of rotatable bonds is 8.